The van der Waals surface area contributed by atoms with Crippen LogP contribution in [0.2, 0.25) is 0 Å². The highest BCUT2D eigenvalue weighted by atomic mass is 19.4. The summed E-state index contributed by atoms with van der Waals surface area (Å²) < 4.78 is 37.9. The van der Waals surface area contributed by atoms with Crippen molar-refractivity contribution < 1.29 is 13.2 Å². The van der Waals surface area contributed by atoms with Crippen molar-refractivity contribution in [1.29, 1.82) is 0 Å². The molecule has 0 fully saturated rings. The first-order chi connectivity index (χ1) is 7.04. The molecule has 0 spiro atoms. The fourth-order valence-corrected chi connectivity index (χ4v) is 2.03. The Kier molecular flexibility index (Phi) is 2.46. The summed E-state index contributed by atoms with van der Waals surface area (Å²) >= 11 is 0. The van der Waals surface area contributed by atoms with Crippen LogP contribution >= 0.6 is 0 Å². The van der Waals surface area contributed by atoms with Crippen molar-refractivity contribution in [1.82, 2.24) is 10.2 Å². The molecule has 0 aromatic carbocycles. The van der Waals surface area contributed by atoms with E-state index in [2.05, 4.69) is 10.2 Å². The number of aromatic nitrogens is 2. The van der Waals surface area contributed by atoms with E-state index in [0.29, 0.717) is 6.42 Å². The molecule has 0 amide bonds. The van der Waals surface area contributed by atoms with Crippen LogP contribution in [0.25, 0.3) is 0 Å². The van der Waals surface area contributed by atoms with Gasteiger partial charge in [0.15, 0.2) is 0 Å². The summed E-state index contributed by atoms with van der Waals surface area (Å²) in [5.74, 6) is -1.63. The first kappa shape index (κ1) is 10.5. The second-order valence-electron chi connectivity index (χ2n) is 3.75. The fraction of sp³-hybridized carbons (Fsp3) is 0.667. The van der Waals surface area contributed by atoms with E-state index in [0.717, 1.165) is 24.1 Å². The molecule has 0 radical (unpaired) electrons. The number of hydrogen-bond donors (Lipinski definition) is 2. The molecule has 3 N–H and O–H groups in total. The van der Waals surface area contributed by atoms with Gasteiger partial charge in [-0.1, -0.05) is 0 Å². The average Bonchev–Trinajstić information content (AvgIpc) is 2.67. The number of H-pyrrole nitrogens is 1. The SMILES string of the molecule is NCC(c1n[nH]c2c1CCC2)C(F)(F)F. The zero-order chi connectivity index (χ0) is 11.1. The molecular formula is C9H12F3N3. The van der Waals surface area contributed by atoms with Gasteiger partial charge >= 0.3 is 6.18 Å². The monoisotopic (exact) mass is 219 g/mol. The normalized spacial score (nSPS) is 17.9. The minimum Gasteiger partial charge on any atom is -0.329 e. The van der Waals surface area contributed by atoms with E-state index < -0.39 is 18.6 Å². The fourth-order valence-electron chi connectivity index (χ4n) is 2.03. The molecule has 1 heterocycles. The second-order valence-corrected chi connectivity index (χ2v) is 3.75. The molecule has 1 aromatic heterocycles. The second kappa shape index (κ2) is 3.52. The van der Waals surface area contributed by atoms with Gasteiger partial charge in [-0.2, -0.15) is 18.3 Å². The molecule has 0 saturated heterocycles. The lowest BCUT2D eigenvalue weighted by Crippen LogP contribution is -2.29. The molecule has 1 aliphatic carbocycles. The molecular weight excluding hydrogens is 207 g/mol. The van der Waals surface area contributed by atoms with Crippen LogP contribution in [-0.2, 0) is 12.8 Å². The maximum Gasteiger partial charge on any atom is 0.398 e. The highest BCUT2D eigenvalue weighted by Gasteiger charge is 2.43. The maximum atomic E-state index is 12.6. The molecule has 0 saturated carbocycles. The molecule has 0 aliphatic heterocycles. The van der Waals surface area contributed by atoms with E-state index in [4.69, 9.17) is 5.73 Å². The van der Waals surface area contributed by atoms with E-state index in [1.54, 1.807) is 0 Å². The Morgan fingerprint density at radius 2 is 2.13 bits per heavy atom. The smallest absolute Gasteiger partial charge is 0.329 e. The van der Waals surface area contributed by atoms with Crippen LogP contribution in [-0.4, -0.2) is 22.9 Å². The Hall–Kier alpha value is -1.04. The van der Waals surface area contributed by atoms with Crippen molar-refractivity contribution in [3.05, 3.63) is 17.0 Å². The van der Waals surface area contributed by atoms with E-state index >= 15 is 0 Å². The molecule has 0 bridgehead atoms. The van der Waals surface area contributed by atoms with Gasteiger partial charge in [-0.25, -0.2) is 0 Å². The number of aryl methyl sites for hydroxylation is 1. The van der Waals surface area contributed by atoms with Gasteiger partial charge in [0, 0.05) is 12.2 Å². The van der Waals surface area contributed by atoms with Crippen molar-refractivity contribution in [3.8, 4) is 0 Å². The van der Waals surface area contributed by atoms with Crippen LogP contribution in [0.4, 0.5) is 13.2 Å². The van der Waals surface area contributed by atoms with E-state index in [-0.39, 0.29) is 5.69 Å². The Labute approximate surface area is 84.8 Å². The number of fused-ring (bicyclic) bond motifs is 1. The lowest BCUT2D eigenvalue weighted by Gasteiger charge is -2.17. The zero-order valence-corrected chi connectivity index (χ0v) is 8.06. The number of aromatic amines is 1. The lowest BCUT2D eigenvalue weighted by atomic mass is 10.0. The number of halogens is 3. The Bertz CT molecular complexity index is 356. The summed E-state index contributed by atoms with van der Waals surface area (Å²) in [6, 6.07) is 0. The topological polar surface area (TPSA) is 54.7 Å². The van der Waals surface area contributed by atoms with Crippen molar-refractivity contribution in [2.75, 3.05) is 6.54 Å². The van der Waals surface area contributed by atoms with Gasteiger partial charge in [0.1, 0.15) is 5.92 Å². The van der Waals surface area contributed by atoms with Gasteiger partial charge in [0.2, 0.25) is 0 Å². The quantitative estimate of drug-likeness (QED) is 0.792. The van der Waals surface area contributed by atoms with Gasteiger partial charge in [-0.15, -0.1) is 0 Å². The lowest BCUT2D eigenvalue weighted by molar-refractivity contribution is -0.149. The van der Waals surface area contributed by atoms with Gasteiger partial charge in [-0.05, 0) is 24.8 Å². The van der Waals surface area contributed by atoms with Crippen LogP contribution < -0.4 is 5.73 Å². The molecule has 3 nitrogen and oxygen atoms in total. The number of nitrogens with two attached hydrogens (primary N) is 1. The summed E-state index contributed by atoms with van der Waals surface area (Å²) in [6.45, 7) is -0.444. The van der Waals surface area contributed by atoms with Gasteiger partial charge in [0.25, 0.3) is 0 Å². The van der Waals surface area contributed by atoms with Crippen LogP contribution in [0, 0.1) is 0 Å². The summed E-state index contributed by atoms with van der Waals surface area (Å²) in [6.07, 6.45) is -1.95. The number of hydrogen-bond acceptors (Lipinski definition) is 2. The minimum absolute atomic E-state index is 0.0949. The predicted octanol–water partition coefficient (Wildman–Crippen LogP) is 1.50. The van der Waals surface area contributed by atoms with E-state index in [1.807, 2.05) is 0 Å². The minimum atomic E-state index is -4.31. The first-order valence-electron chi connectivity index (χ1n) is 4.87. The van der Waals surface area contributed by atoms with Gasteiger partial charge < -0.3 is 5.73 Å². The number of alkyl halides is 3. The molecule has 1 unspecified atom stereocenters. The summed E-state index contributed by atoms with van der Waals surface area (Å²) in [4.78, 5) is 0. The summed E-state index contributed by atoms with van der Waals surface area (Å²) in [5, 5.41) is 6.42. The Morgan fingerprint density at radius 1 is 1.40 bits per heavy atom. The van der Waals surface area contributed by atoms with Crippen molar-refractivity contribution >= 4 is 0 Å². The standard InChI is InChI=1S/C9H12F3N3/c10-9(11,12)6(4-13)8-5-2-1-3-7(5)14-15-8/h6H,1-4,13H2,(H,14,15). The molecule has 15 heavy (non-hydrogen) atoms. The van der Waals surface area contributed by atoms with E-state index in [1.165, 1.54) is 0 Å². The van der Waals surface area contributed by atoms with Crippen LogP contribution in [0.15, 0.2) is 0 Å². The summed E-state index contributed by atoms with van der Waals surface area (Å²) in [5.41, 5.74) is 6.83. The van der Waals surface area contributed by atoms with Crippen molar-refractivity contribution in [3.63, 3.8) is 0 Å². The Balaban J connectivity index is 2.35. The molecule has 1 atom stereocenters. The number of nitrogens with zero attached hydrogens (tertiary/aromatic N) is 1. The van der Waals surface area contributed by atoms with Crippen LogP contribution in [0.3, 0.4) is 0 Å². The molecule has 1 aliphatic rings. The third-order valence-electron chi connectivity index (χ3n) is 2.80. The third-order valence-corrected chi connectivity index (χ3v) is 2.80. The molecule has 84 valence electrons. The van der Waals surface area contributed by atoms with Gasteiger partial charge in [-0.3, -0.25) is 5.10 Å². The molecule has 1 aromatic rings. The zero-order valence-electron chi connectivity index (χ0n) is 8.06. The largest absolute Gasteiger partial charge is 0.398 e. The van der Waals surface area contributed by atoms with Crippen molar-refractivity contribution in [2.45, 2.75) is 31.4 Å². The summed E-state index contributed by atoms with van der Waals surface area (Å²) in [7, 11) is 0. The third kappa shape index (κ3) is 1.73. The van der Waals surface area contributed by atoms with E-state index in [9.17, 15) is 13.2 Å². The molecule has 2 rings (SSSR count). The van der Waals surface area contributed by atoms with Crippen LogP contribution in [0.1, 0.15) is 29.3 Å². The number of nitrogens with one attached hydrogen (secondary N) is 1. The first-order valence-corrected chi connectivity index (χ1v) is 4.87. The number of rotatable bonds is 2. The van der Waals surface area contributed by atoms with Crippen molar-refractivity contribution in [2.24, 2.45) is 5.73 Å². The van der Waals surface area contributed by atoms with Gasteiger partial charge in [0.05, 0.1) is 5.69 Å². The maximum absolute atomic E-state index is 12.6. The molecule has 6 heteroatoms. The average molecular weight is 219 g/mol. The van der Waals surface area contributed by atoms with Crippen LogP contribution in [0.5, 0.6) is 0 Å². The highest BCUT2D eigenvalue weighted by Crippen LogP contribution is 2.37. The predicted molar refractivity (Wildman–Crippen MR) is 48.5 cm³/mol. The highest BCUT2D eigenvalue weighted by molar-refractivity contribution is 5.32. The Morgan fingerprint density at radius 3 is 2.73 bits per heavy atom.